The summed E-state index contributed by atoms with van der Waals surface area (Å²) in [6, 6.07) is 15.0. The summed E-state index contributed by atoms with van der Waals surface area (Å²) >= 11 is 7.01. The Morgan fingerprint density at radius 1 is 1.14 bits per heavy atom. The van der Waals surface area contributed by atoms with Crippen LogP contribution in [0, 0.1) is 13.8 Å². The van der Waals surface area contributed by atoms with Gasteiger partial charge in [-0.15, -0.1) is 0 Å². The summed E-state index contributed by atoms with van der Waals surface area (Å²) in [5, 5.41) is 20.9. The van der Waals surface area contributed by atoms with Gasteiger partial charge in [-0.05, 0) is 49.1 Å². The van der Waals surface area contributed by atoms with E-state index in [9.17, 15) is 14.7 Å². The molecule has 0 bridgehead atoms. The highest BCUT2D eigenvalue weighted by Gasteiger charge is 2.24. The van der Waals surface area contributed by atoms with Gasteiger partial charge in [0.1, 0.15) is 5.56 Å². The molecule has 2 aromatic carbocycles. The summed E-state index contributed by atoms with van der Waals surface area (Å²) in [5.74, 6) is -0.0377. The lowest BCUT2D eigenvalue weighted by molar-refractivity contribution is -0.0281. The molecule has 0 spiro atoms. The molecule has 2 aromatic heterocycles. The Balaban J connectivity index is 1.42. The second kappa shape index (κ2) is 13.0. The smallest absolute Gasteiger partial charge is 0.279 e. The number of halogens is 1. The first-order valence-electron chi connectivity index (χ1n) is 14.0. The van der Waals surface area contributed by atoms with Crippen LogP contribution >= 0.6 is 11.6 Å². The van der Waals surface area contributed by atoms with Crippen molar-refractivity contribution in [2.24, 2.45) is 7.05 Å². The van der Waals surface area contributed by atoms with Crippen molar-refractivity contribution in [3.63, 3.8) is 0 Å². The van der Waals surface area contributed by atoms with Gasteiger partial charge in [0.25, 0.3) is 11.5 Å². The lowest BCUT2D eigenvalue weighted by Gasteiger charge is -2.28. The van der Waals surface area contributed by atoms with Gasteiger partial charge in [0.05, 0.1) is 36.7 Å². The van der Waals surface area contributed by atoms with Crippen LogP contribution in [0.25, 0.3) is 22.4 Å². The highest BCUT2D eigenvalue weighted by atomic mass is 35.5. The molecule has 1 fully saturated rings. The van der Waals surface area contributed by atoms with E-state index in [2.05, 4.69) is 15.7 Å². The van der Waals surface area contributed by atoms with Crippen molar-refractivity contribution in [1.29, 1.82) is 0 Å². The van der Waals surface area contributed by atoms with Crippen molar-refractivity contribution in [3.8, 4) is 28.3 Å². The van der Waals surface area contributed by atoms with E-state index in [0.717, 1.165) is 38.9 Å². The quantitative estimate of drug-likeness (QED) is 0.272. The third kappa shape index (κ3) is 6.33. The van der Waals surface area contributed by atoms with Crippen LogP contribution in [-0.2, 0) is 18.3 Å². The average molecular weight is 604 g/mol. The Bertz CT molecular complexity index is 1720. The second-order valence-corrected chi connectivity index (χ2v) is 10.9. The molecule has 1 aliphatic heterocycles. The molecule has 5 rings (SSSR count). The van der Waals surface area contributed by atoms with Crippen LogP contribution in [0.4, 0.5) is 5.69 Å². The molecule has 1 amide bonds. The van der Waals surface area contributed by atoms with Crippen molar-refractivity contribution in [2.45, 2.75) is 39.0 Å². The van der Waals surface area contributed by atoms with Crippen LogP contribution < -0.4 is 20.9 Å². The minimum Gasteiger partial charge on any atom is -0.481 e. The monoisotopic (exact) mass is 603 g/mol. The molecule has 11 heteroatoms. The zero-order valence-electron chi connectivity index (χ0n) is 24.5. The van der Waals surface area contributed by atoms with Crippen LogP contribution in [0.1, 0.15) is 33.5 Å². The Labute approximate surface area is 254 Å². The van der Waals surface area contributed by atoms with E-state index in [1.54, 1.807) is 20.1 Å². The number of amides is 1. The SMILES string of the molecule is COc1nc(-c2cccc(-c3cccc(NC(=O)c4c(C)cnn(C)c4=O)c3C)c2Cl)ccc1CN[C@@H]1CCOC[C@@H]1O. The fourth-order valence-corrected chi connectivity index (χ4v) is 5.54. The number of ether oxygens (including phenoxy) is 2. The lowest BCUT2D eigenvalue weighted by atomic mass is 9.96. The zero-order chi connectivity index (χ0) is 30.7. The number of benzene rings is 2. The third-order valence-electron chi connectivity index (χ3n) is 7.71. The summed E-state index contributed by atoms with van der Waals surface area (Å²) in [6.07, 6.45) is 1.66. The van der Waals surface area contributed by atoms with Crippen LogP contribution in [0.5, 0.6) is 5.88 Å². The molecule has 10 nitrogen and oxygen atoms in total. The Kier molecular flexibility index (Phi) is 9.22. The molecule has 0 unspecified atom stereocenters. The highest BCUT2D eigenvalue weighted by Crippen LogP contribution is 2.39. The van der Waals surface area contributed by atoms with E-state index in [0.29, 0.717) is 47.6 Å². The maximum absolute atomic E-state index is 13.1. The Morgan fingerprint density at radius 3 is 2.65 bits per heavy atom. The van der Waals surface area contributed by atoms with Crippen molar-refractivity contribution >= 4 is 23.2 Å². The highest BCUT2D eigenvalue weighted by molar-refractivity contribution is 6.36. The lowest BCUT2D eigenvalue weighted by Crippen LogP contribution is -2.46. The first kappa shape index (κ1) is 30.4. The number of carbonyl (C=O) groups excluding carboxylic acids is 1. The van der Waals surface area contributed by atoms with Crippen molar-refractivity contribution in [3.05, 3.63) is 92.4 Å². The minimum atomic E-state index is -0.559. The molecule has 2 atom stereocenters. The average Bonchev–Trinajstić information content (AvgIpc) is 3.00. The van der Waals surface area contributed by atoms with E-state index in [1.807, 2.05) is 49.4 Å². The largest absolute Gasteiger partial charge is 0.481 e. The summed E-state index contributed by atoms with van der Waals surface area (Å²) in [7, 11) is 3.08. The van der Waals surface area contributed by atoms with Gasteiger partial charge in [0.2, 0.25) is 5.88 Å². The van der Waals surface area contributed by atoms with Crippen molar-refractivity contribution in [2.75, 3.05) is 25.6 Å². The van der Waals surface area contributed by atoms with Gasteiger partial charge in [0.15, 0.2) is 0 Å². The van der Waals surface area contributed by atoms with Gasteiger partial charge >= 0.3 is 0 Å². The molecular weight excluding hydrogens is 570 g/mol. The summed E-state index contributed by atoms with van der Waals surface area (Å²) in [6.45, 7) is 4.98. The van der Waals surface area contributed by atoms with Gasteiger partial charge in [-0.2, -0.15) is 5.10 Å². The Morgan fingerprint density at radius 2 is 1.88 bits per heavy atom. The number of aliphatic hydroxyl groups is 1. The summed E-state index contributed by atoms with van der Waals surface area (Å²) in [5.41, 5.74) is 5.25. The van der Waals surface area contributed by atoms with Crippen LogP contribution in [0.2, 0.25) is 5.02 Å². The number of methoxy groups -OCH3 is 1. The van der Waals surface area contributed by atoms with Gasteiger partial charge in [0, 0.05) is 48.6 Å². The van der Waals surface area contributed by atoms with E-state index < -0.39 is 17.6 Å². The molecule has 0 radical (unpaired) electrons. The number of nitrogens with zero attached hydrogens (tertiary/aromatic N) is 3. The normalized spacial score (nSPS) is 16.6. The van der Waals surface area contributed by atoms with Gasteiger partial charge in [-0.1, -0.05) is 48.0 Å². The molecule has 0 aliphatic carbocycles. The Hall–Kier alpha value is -4.09. The van der Waals surface area contributed by atoms with Gasteiger partial charge < -0.3 is 25.2 Å². The first-order chi connectivity index (χ1) is 20.7. The number of hydrogen-bond acceptors (Lipinski definition) is 8. The van der Waals surface area contributed by atoms with E-state index >= 15 is 0 Å². The molecule has 1 saturated heterocycles. The summed E-state index contributed by atoms with van der Waals surface area (Å²) in [4.78, 5) is 30.5. The summed E-state index contributed by atoms with van der Waals surface area (Å²) < 4.78 is 12.1. The molecule has 1 aliphatic rings. The van der Waals surface area contributed by atoms with E-state index in [4.69, 9.17) is 26.1 Å². The number of aryl methyl sites for hydroxylation is 2. The molecule has 3 N–H and O–H groups in total. The van der Waals surface area contributed by atoms with E-state index in [-0.39, 0.29) is 11.6 Å². The van der Waals surface area contributed by atoms with Crippen molar-refractivity contribution < 1.29 is 19.4 Å². The topological polar surface area (TPSA) is 128 Å². The maximum atomic E-state index is 13.1. The molecule has 224 valence electrons. The van der Waals surface area contributed by atoms with Crippen molar-refractivity contribution in [1.82, 2.24) is 20.1 Å². The third-order valence-corrected chi connectivity index (χ3v) is 8.12. The van der Waals surface area contributed by atoms with Crippen LogP contribution in [-0.4, -0.2) is 58.2 Å². The van der Waals surface area contributed by atoms with Crippen LogP contribution in [0.3, 0.4) is 0 Å². The van der Waals surface area contributed by atoms with Crippen LogP contribution in [0.15, 0.2) is 59.5 Å². The van der Waals surface area contributed by atoms with Gasteiger partial charge in [-0.25, -0.2) is 9.67 Å². The predicted octanol–water partition coefficient (Wildman–Crippen LogP) is 4.28. The maximum Gasteiger partial charge on any atom is 0.279 e. The zero-order valence-corrected chi connectivity index (χ0v) is 25.2. The fraction of sp³-hybridized carbons (Fsp3) is 0.312. The molecule has 4 aromatic rings. The number of hydrogen-bond donors (Lipinski definition) is 3. The molecule has 0 saturated carbocycles. The number of carbonyl (C=O) groups is 1. The number of aliphatic hydroxyl groups excluding tert-OH is 1. The minimum absolute atomic E-state index is 0.0462. The predicted molar refractivity (Wildman–Crippen MR) is 166 cm³/mol. The standard InChI is InChI=1S/C32H34ClN5O5/c1-18-15-35-38(3)32(41)28(18)30(40)36-24-10-6-7-21(19(24)2)22-8-5-9-23(29(22)33)25-12-11-20(31(37-25)42-4)16-34-26-13-14-43-17-27(26)39/h5-12,15,26-27,34,39H,13-14,16-17H2,1-4H3,(H,36,40)/t26-,27+/m1/s1. The number of anilines is 1. The molecule has 43 heavy (non-hydrogen) atoms. The number of pyridine rings is 1. The fourth-order valence-electron chi connectivity index (χ4n) is 5.21. The second-order valence-electron chi connectivity index (χ2n) is 10.5. The number of rotatable bonds is 8. The first-order valence-corrected chi connectivity index (χ1v) is 14.3. The number of nitrogens with one attached hydrogen (secondary N) is 2. The van der Waals surface area contributed by atoms with Gasteiger partial charge in [-0.3, -0.25) is 9.59 Å². The van der Waals surface area contributed by atoms with E-state index in [1.165, 1.54) is 13.2 Å². The molecule has 3 heterocycles. The molecular formula is C32H34ClN5O5. The number of aromatic nitrogens is 3.